The van der Waals surface area contributed by atoms with E-state index in [4.69, 9.17) is 4.74 Å². The standard InChI is InChI=1S/C13H20N2O2/c1-4-17-13(16)10-14-9-11-5-7-12(8-6-11)15(2)3/h5-8,14H,4,9-10H2,1-3H3. The zero-order valence-electron chi connectivity index (χ0n) is 10.7. The van der Waals surface area contributed by atoms with Gasteiger partial charge in [0.05, 0.1) is 13.2 Å². The van der Waals surface area contributed by atoms with E-state index in [1.54, 1.807) is 6.92 Å². The third-order valence-electron chi connectivity index (χ3n) is 2.36. The number of rotatable bonds is 6. The van der Waals surface area contributed by atoms with Crippen molar-refractivity contribution in [1.29, 1.82) is 0 Å². The van der Waals surface area contributed by atoms with Gasteiger partial charge >= 0.3 is 5.97 Å². The molecule has 0 aromatic heterocycles. The Bertz CT molecular complexity index is 347. The van der Waals surface area contributed by atoms with Gasteiger partial charge in [0, 0.05) is 26.3 Å². The zero-order valence-corrected chi connectivity index (χ0v) is 10.7. The van der Waals surface area contributed by atoms with Gasteiger partial charge in [-0.25, -0.2) is 0 Å². The molecule has 0 spiro atoms. The van der Waals surface area contributed by atoms with Crippen LogP contribution in [-0.2, 0) is 16.1 Å². The Balaban J connectivity index is 2.35. The first-order chi connectivity index (χ1) is 8.13. The topological polar surface area (TPSA) is 41.6 Å². The Hall–Kier alpha value is -1.55. The smallest absolute Gasteiger partial charge is 0.319 e. The van der Waals surface area contributed by atoms with E-state index in [1.165, 1.54) is 5.69 Å². The van der Waals surface area contributed by atoms with Gasteiger partial charge in [0.15, 0.2) is 0 Å². The normalized spacial score (nSPS) is 10.1. The summed E-state index contributed by atoms with van der Waals surface area (Å²) >= 11 is 0. The SMILES string of the molecule is CCOC(=O)CNCc1ccc(N(C)C)cc1. The van der Waals surface area contributed by atoms with Crippen LogP contribution in [-0.4, -0.2) is 33.2 Å². The van der Waals surface area contributed by atoms with Gasteiger partial charge in [-0.2, -0.15) is 0 Å². The summed E-state index contributed by atoms with van der Waals surface area (Å²) in [7, 11) is 4.02. The largest absolute Gasteiger partial charge is 0.465 e. The predicted molar refractivity (Wildman–Crippen MR) is 69.1 cm³/mol. The molecule has 0 fully saturated rings. The molecule has 1 aromatic carbocycles. The van der Waals surface area contributed by atoms with Crippen molar-refractivity contribution in [3.05, 3.63) is 29.8 Å². The van der Waals surface area contributed by atoms with Crippen molar-refractivity contribution in [2.45, 2.75) is 13.5 Å². The number of benzene rings is 1. The van der Waals surface area contributed by atoms with Crippen molar-refractivity contribution in [3.63, 3.8) is 0 Å². The van der Waals surface area contributed by atoms with E-state index in [0.717, 1.165) is 5.56 Å². The maximum absolute atomic E-state index is 11.1. The summed E-state index contributed by atoms with van der Waals surface area (Å²) in [6.07, 6.45) is 0. The second-order valence-corrected chi connectivity index (χ2v) is 3.97. The molecule has 1 N–H and O–H groups in total. The highest BCUT2D eigenvalue weighted by molar-refractivity contribution is 5.71. The minimum Gasteiger partial charge on any atom is -0.465 e. The molecule has 17 heavy (non-hydrogen) atoms. The van der Waals surface area contributed by atoms with Crippen LogP contribution >= 0.6 is 0 Å². The molecular formula is C13H20N2O2. The maximum atomic E-state index is 11.1. The first-order valence-corrected chi connectivity index (χ1v) is 5.76. The molecule has 0 aliphatic carbocycles. The highest BCUT2D eigenvalue weighted by atomic mass is 16.5. The van der Waals surface area contributed by atoms with Gasteiger partial charge in [-0.1, -0.05) is 12.1 Å². The molecule has 0 unspecified atom stereocenters. The van der Waals surface area contributed by atoms with Gasteiger partial charge in [-0.15, -0.1) is 0 Å². The molecule has 0 radical (unpaired) electrons. The third-order valence-corrected chi connectivity index (χ3v) is 2.36. The molecule has 0 aliphatic heterocycles. The molecule has 0 atom stereocenters. The van der Waals surface area contributed by atoms with Crippen LogP contribution in [0.5, 0.6) is 0 Å². The van der Waals surface area contributed by atoms with Crippen LogP contribution in [0.15, 0.2) is 24.3 Å². The Morgan fingerprint density at radius 3 is 2.47 bits per heavy atom. The molecule has 0 saturated carbocycles. The van der Waals surface area contributed by atoms with Crippen molar-refractivity contribution in [2.75, 3.05) is 32.1 Å². The maximum Gasteiger partial charge on any atom is 0.319 e. The van der Waals surface area contributed by atoms with Crippen LogP contribution < -0.4 is 10.2 Å². The minimum absolute atomic E-state index is 0.211. The van der Waals surface area contributed by atoms with E-state index < -0.39 is 0 Å². The molecule has 1 aromatic rings. The van der Waals surface area contributed by atoms with Gasteiger partial charge in [-0.3, -0.25) is 4.79 Å². The highest BCUT2D eigenvalue weighted by Crippen LogP contribution is 2.11. The molecule has 94 valence electrons. The first kappa shape index (κ1) is 13.5. The Morgan fingerprint density at radius 2 is 1.94 bits per heavy atom. The fraction of sp³-hybridized carbons (Fsp3) is 0.462. The van der Waals surface area contributed by atoms with E-state index in [0.29, 0.717) is 13.2 Å². The number of carbonyl (C=O) groups excluding carboxylic acids is 1. The second kappa shape index (κ2) is 6.91. The van der Waals surface area contributed by atoms with Gasteiger partial charge in [-0.05, 0) is 24.6 Å². The number of hydrogen-bond donors (Lipinski definition) is 1. The molecule has 4 nitrogen and oxygen atoms in total. The van der Waals surface area contributed by atoms with Gasteiger partial charge in [0.25, 0.3) is 0 Å². The molecule has 1 rings (SSSR count). The van der Waals surface area contributed by atoms with E-state index in [2.05, 4.69) is 22.3 Å². The summed E-state index contributed by atoms with van der Waals surface area (Å²) in [5.41, 5.74) is 2.32. The number of ether oxygens (including phenoxy) is 1. The van der Waals surface area contributed by atoms with Crippen LogP contribution in [0.3, 0.4) is 0 Å². The fourth-order valence-corrected chi connectivity index (χ4v) is 1.43. The van der Waals surface area contributed by atoms with Crippen LogP contribution in [0.1, 0.15) is 12.5 Å². The monoisotopic (exact) mass is 236 g/mol. The average molecular weight is 236 g/mol. The fourth-order valence-electron chi connectivity index (χ4n) is 1.43. The lowest BCUT2D eigenvalue weighted by Gasteiger charge is -2.12. The van der Waals surface area contributed by atoms with Crippen LogP contribution in [0.2, 0.25) is 0 Å². The molecule has 0 bridgehead atoms. The summed E-state index contributed by atoms with van der Waals surface area (Å²) in [6.45, 7) is 3.16. The quantitative estimate of drug-likeness (QED) is 0.758. The number of carbonyl (C=O) groups is 1. The Morgan fingerprint density at radius 1 is 1.29 bits per heavy atom. The number of anilines is 1. The Labute approximate surface area is 103 Å². The summed E-state index contributed by atoms with van der Waals surface area (Å²) in [5.74, 6) is -0.211. The first-order valence-electron chi connectivity index (χ1n) is 5.76. The number of nitrogens with zero attached hydrogens (tertiary/aromatic N) is 1. The Kier molecular flexibility index (Phi) is 5.49. The van der Waals surface area contributed by atoms with E-state index in [9.17, 15) is 4.79 Å². The summed E-state index contributed by atoms with van der Waals surface area (Å²) < 4.78 is 4.82. The van der Waals surface area contributed by atoms with Crippen molar-refractivity contribution >= 4 is 11.7 Å². The highest BCUT2D eigenvalue weighted by Gasteiger charge is 2.01. The lowest BCUT2D eigenvalue weighted by atomic mass is 10.2. The van der Waals surface area contributed by atoms with Crippen molar-refractivity contribution in [3.8, 4) is 0 Å². The summed E-state index contributed by atoms with van der Waals surface area (Å²) in [5, 5.41) is 3.05. The summed E-state index contributed by atoms with van der Waals surface area (Å²) in [6, 6.07) is 8.21. The molecule has 4 heteroatoms. The van der Waals surface area contributed by atoms with Crippen molar-refractivity contribution < 1.29 is 9.53 Å². The van der Waals surface area contributed by atoms with E-state index in [-0.39, 0.29) is 12.5 Å². The van der Waals surface area contributed by atoms with E-state index >= 15 is 0 Å². The minimum atomic E-state index is -0.211. The molecule has 0 saturated heterocycles. The number of hydrogen-bond acceptors (Lipinski definition) is 4. The lowest BCUT2D eigenvalue weighted by molar-refractivity contribution is -0.142. The van der Waals surface area contributed by atoms with Crippen LogP contribution in [0.25, 0.3) is 0 Å². The predicted octanol–water partition coefficient (Wildman–Crippen LogP) is 1.41. The average Bonchev–Trinajstić information content (AvgIpc) is 2.30. The van der Waals surface area contributed by atoms with Crippen LogP contribution in [0, 0.1) is 0 Å². The van der Waals surface area contributed by atoms with E-state index in [1.807, 2.05) is 26.2 Å². The van der Waals surface area contributed by atoms with Gasteiger partial charge in [0.2, 0.25) is 0 Å². The third kappa shape index (κ3) is 4.87. The van der Waals surface area contributed by atoms with Gasteiger partial charge < -0.3 is 15.0 Å². The molecular weight excluding hydrogens is 216 g/mol. The molecule has 0 aliphatic rings. The number of nitrogens with one attached hydrogen (secondary N) is 1. The van der Waals surface area contributed by atoms with Crippen molar-refractivity contribution in [2.24, 2.45) is 0 Å². The molecule has 0 heterocycles. The summed E-state index contributed by atoms with van der Waals surface area (Å²) in [4.78, 5) is 13.1. The molecule has 0 amide bonds. The van der Waals surface area contributed by atoms with Crippen LogP contribution in [0.4, 0.5) is 5.69 Å². The zero-order chi connectivity index (χ0) is 12.7. The van der Waals surface area contributed by atoms with Gasteiger partial charge in [0.1, 0.15) is 0 Å². The lowest BCUT2D eigenvalue weighted by Crippen LogP contribution is -2.24. The van der Waals surface area contributed by atoms with Crippen molar-refractivity contribution in [1.82, 2.24) is 5.32 Å². The second-order valence-electron chi connectivity index (χ2n) is 3.97. The number of esters is 1.